The standard InChI is InChI=1S/C25H28ClNO2/c1-5-28-24-14-21(15-27-22-10-9-18(3)19(4)12-22)13-23(26)25(24)29-16-20-8-6-7-17(2)11-20/h6-14,27H,5,15-16H2,1-4H3. The van der Waals surface area contributed by atoms with Crippen LogP contribution in [-0.4, -0.2) is 6.61 Å². The maximum atomic E-state index is 6.56. The highest BCUT2D eigenvalue weighted by Gasteiger charge is 2.13. The molecule has 0 aliphatic rings. The van der Waals surface area contributed by atoms with Gasteiger partial charge in [0.15, 0.2) is 11.5 Å². The summed E-state index contributed by atoms with van der Waals surface area (Å²) in [5.74, 6) is 1.26. The van der Waals surface area contributed by atoms with Crippen molar-refractivity contribution in [2.24, 2.45) is 0 Å². The Labute approximate surface area is 178 Å². The van der Waals surface area contributed by atoms with E-state index in [1.807, 2.05) is 31.2 Å². The number of anilines is 1. The van der Waals surface area contributed by atoms with Gasteiger partial charge in [-0.25, -0.2) is 0 Å². The first-order valence-corrected chi connectivity index (χ1v) is 10.3. The van der Waals surface area contributed by atoms with Crippen LogP contribution in [0.3, 0.4) is 0 Å². The molecule has 0 amide bonds. The minimum atomic E-state index is 0.446. The molecule has 152 valence electrons. The van der Waals surface area contributed by atoms with Crippen molar-refractivity contribution in [3.8, 4) is 11.5 Å². The first-order valence-electron chi connectivity index (χ1n) is 9.91. The van der Waals surface area contributed by atoms with Crippen LogP contribution in [0.15, 0.2) is 54.6 Å². The molecule has 0 bridgehead atoms. The Balaban J connectivity index is 1.75. The Bertz CT molecular complexity index is 985. The maximum absolute atomic E-state index is 6.56. The van der Waals surface area contributed by atoms with Gasteiger partial charge in [-0.15, -0.1) is 0 Å². The zero-order chi connectivity index (χ0) is 20.8. The van der Waals surface area contributed by atoms with E-state index >= 15 is 0 Å². The molecule has 0 saturated carbocycles. The van der Waals surface area contributed by atoms with Gasteiger partial charge in [0.1, 0.15) is 6.61 Å². The minimum absolute atomic E-state index is 0.446. The highest BCUT2D eigenvalue weighted by Crippen LogP contribution is 2.37. The molecule has 0 fully saturated rings. The smallest absolute Gasteiger partial charge is 0.180 e. The molecule has 0 aliphatic heterocycles. The molecule has 0 unspecified atom stereocenters. The van der Waals surface area contributed by atoms with E-state index in [9.17, 15) is 0 Å². The van der Waals surface area contributed by atoms with Crippen molar-refractivity contribution < 1.29 is 9.47 Å². The number of benzene rings is 3. The van der Waals surface area contributed by atoms with Crippen LogP contribution in [0.25, 0.3) is 0 Å². The van der Waals surface area contributed by atoms with Crippen molar-refractivity contribution in [2.75, 3.05) is 11.9 Å². The summed E-state index contributed by atoms with van der Waals surface area (Å²) < 4.78 is 11.9. The molecule has 3 aromatic rings. The Morgan fingerprint density at radius 2 is 1.69 bits per heavy atom. The van der Waals surface area contributed by atoms with E-state index in [1.165, 1.54) is 16.7 Å². The summed E-state index contributed by atoms with van der Waals surface area (Å²) in [7, 11) is 0. The van der Waals surface area contributed by atoms with Gasteiger partial charge in [0, 0.05) is 12.2 Å². The van der Waals surface area contributed by atoms with Crippen molar-refractivity contribution in [1.29, 1.82) is 0 Å². The molecule has 3 nitrogen and oxygen atoms in total. The number of aryl methyl sites for hydroxylation is 3. The molecule has 0 spiro atoms. The Morgan fingerprint density at radius 1 is 0.862 bits per heavy atom. The topological polar surface area (TPSA) is 30.5 Å². The summed E-state index contributed by atoms with van der Waals surface area (Å²) in [5, 5.41) is 4.01. The first kappa shape index (κ1) is 21.1. The van der Waals surface area contributed by atoms with Gasteiger partial charge in [0.25, 0.3) is 0 Å². The van der Waals surface area contributed by atoms with Gasteiger partial charge in [0.2, 0.25) is 0 Å². The van der Waals surface area contributed by atoms with E-state index in [4.69, 9.17) is 21.1 Å². The Morgan fingerprint density at radius 3 is 2.41 bits per heavy atom. The number of nitrogens with one attached hydrogen (secondary N) is 1. The molecule has 4 heteroatoms. The highest BCUT2D eigenvalue weighted by atomic mass is 35.5. The lowest BCUT2D eigenvalue weighted by molar-refractivity contribution is 0.269. The van der Waals surface area contributed by atoms with Crippen LogP contribution in [0, 0.1) is 20.8 Å². The van der Waals surface area contributed by atoms with E-state index in [0.29, 0.717) is 36.3 Å². The van der Waals surface area contributed by atoms with Gasteiger partial charge in [-0.3, -0.25) is 0 Å². The lowest BCUT2D eigenvalue weighted by Crippen LogP contribution is -2.04. The molecule has 0 heterocycles. The van der Waals surface area contributed by atoms with E-state index in [-0.39, 0.29) is 0 Å². The van der Waals surface area contributed by atoms with Crippen LogP contribution >= 0.6 is 11.6 Å². The summed E-state index contributed by atoms with van der Waals surface area (Å²) in [4.78, 5) is 0. The second-order valence-corrected chi connectivity index (χ2v) is 7.68. The summed E-state index contributed by atoms with van der Waals surface area (Å²) in [6, 6.07) is 18.5. The second kappa shape index (κ2) is 9.71. The zero-order valence-electron chi connectivity index (χ0n) is 17.5. The van der Waals surface area contributed by atoms with Crippen molar-refractivity contribution in [3.05, 3.63) is 87.4 Å². The Kier molecular flexibility index (Phi) is 7.05. The average molecular weight is 410 g/mol. The van der Waals surface area contributed by atoms with Gasteiger partial charge in [0.05, 0.1) is 11.6 Å². The third kappa shape index (κ3) is 5.68. The van der Waals surface area contributed by atoms with Crippen LogP contribution in [-0.2, 0) is 13.2 Å². The lowest BCUT2D eigenvalue weighted by atomic mass is 10.1. The molecule has 0 aromatic heterocycles. The fraction of sp³-hybridized carbons (Fsp3) is 0.280. The van der Waals surface area contributed by atoms with Gasteiger partial charge in [-0.2, -0.15) is 0 Å². The predicted octanol–water partition coefficient (Wildman–Crippen LogP) is 6.86. The van der Waals surface area contributed by atoms with Crippen molar-refractivity contribution in [1.82, 2.24) is 0 Å². The summed E-state index contributed by atoms with van der Waals surface area (Å²) in [6.07, 6.45) is 0. The van der Waals surface area contributed by atoms with Crippen LogP contribution in [0.4, 0.5) is 5.69 Å². The quantitative estimate of drug-likeness (QED) is 0.441. The monoisotopic (exact) mass is 409 g/mol. The molecular formula is C25H28ClNO2. The molecule has 0 radical (unpaired) electrons. The fourth-order valence-corrected chi connectivity index (χ4v) is 3.43. The minimum Gasteiger partial charge on any atom is -0.490 e. The number of hydrogen-bond acceptors (Lipinski definition) is 3. The molecule has 3 rings (SSSR count). The third-order valence-corrected chi connectivity index (χ3v) is 5.12. The highest BCUT2D eigenvalue weighted by molar-refractivity contribution is 6.32. The zero-order valence-corrected chi connectivity index (χ0v) is 18.3. The average Bonchev–Trinajstić information content (AvgIpc) is 2.68. The van der Waals surface area contributed by atoms with E-state index in [2.05, 4.69) is 56.4 Å². The molecular weight excluding hydrogens is 382 g/mol. The van der Waals surface area contributed by atoms with Gasteiger partial charge < -0.3 is 14.8 Å². The maximum Gasteiger partial charge on any atom is 0.180 e. The SMILES string of the molecule is CCOc1cc(CNc2ccc(C)c(C)c2)cc(Cl)c1OCc1cccc(C)c1. The third-order valence-electron chi connectivity index (χ3n) is 4.84. The van der Waals surface area contributed by atoms with Crippen LogP contribution in [0.5, 0.6) is 11.5 Å². The van der Waals surface area contributed by atoms with Gasteiger partial charge in [-0.05, 0) is 74.2 Å². The summed E-state index contributed by atoms with van der Waals surface area (Å²) in [6.45, 7) is 9.90. The largest absolute Gasteiger partial charge is 0.490 e. The second-order valence-electron chi connectivity index (χ2n) is 7.27. The number of rotatable bonds is 8. The van der Waals surface area contributed by atoms with Crippen LogP contribution < -0.4 is 14.8 Å². The first-order chi connectivity index (χ1) is 14.0. The Hall–Kier alpha value is -2.65. The number of hydrogen-bond donors (Lipinski definition) is 1. The van der Waals surface area contributed by atoms with Gasteiger partial charge in [-0.1, -0.05) is 47.5 Å². The molecule has 3 aromatic carbocycles. The summed E-state index contributed by atoms with van der Waals surface area (Å²) in [5.41, 5.74) is 6.98. The molecule has 1 N–H and O–H groups in total. The number of ether oxygens (including phenoxy) is 2. The van der Waals surface area contributed by atoms with Crippen molar-refractivity contribution in [3.63, 3.8) is 0 Å². The van der Waals surface area contributed by atoms with Crippen LogP contribution in [0.1, 0.15) is 34.7 Å². The van der Waals surface area contributed by atoms with Crippen molar-refractivity contribution in [2.45, 2.75) is 40.8 Å². The molecule has 0 aliphatic carbocycles. The fourth-order valence-electron chi connectivity index (χ4n) is 3.14. The molecule has 0 atom stereocenters. The molecule has 0 saturated heterocycles. The lowest BCUT2D eigenvalue weighted by Gasteiger charge is -2.16. The summed E-state index contributed by atoms with van der Waals surface area (Å²) >= 11 is 6.56. The number of halogens is 1. The van der Waals surface area contributed by atoms with Gasteiger partial charge >= 0.3 is 0 Å². The van der Waals surface area contributed by atoms with E-state index < -0.39 is 0 Å². The normalized spacial score (nSPS) is 10.7. The van der Waals surface area contributed by atoms with Crippen LogP contribution in [0.2, 0.25) is 5.02 Å². The van der Waals surface area contributed by atoms with Crippen molar-refractivity contribution >= 4 is 17.3 Å². The molecule has 29 heavy (non-hydrogen) atoms. The van der Waals surface area contributed by atoms with E-state index in [1.54, 1.807) is 0 Å². The predicted molar refractivity (Wildman–Crippen MR) is 121 cm³/mol. The van der Waals surface area contributed by atoms with E-state index in [0.717, 1.165) is 16.8 Å².